The third kappa shape index (κ3) is 8.33. The molecule has 142 valence electrons. The predicted octanol–water partition coefficient (Wildman–Crippen LogP) is 1.36. The summed E-state index contributed by atoms with van der Waals surface area (Å²) in [5.74, 6) is 0.323. The number of nitrogens with zero attached hydrogens (tertiary/aromatic N) is 1. The van der Waals surface area contributed by atoms with Gasteiger partial charge >= 0.3 is 6.09 Å². The highest BCUT2D eigenvalue weighted by Crippen LogP contribution is 2.14. The van der Waals surface area contributed by atoms with E-state index in [1.807, 2.05) is 44.2 Å². The first-order valence-corrected chi connectivity index (χ1v) is 10.1. The Morgan fingerprint density at radius 3 is 2.36 bits per heavy atom. The van der Waals surface area contributed by atoms with Crippen molar-refractivity contribution in [2.45, 2.75) is 38.9 Å². The standard InChI is InChI=1S/C17H28N2O5S/c1-13(2)9-10-19(25(3,22)23)12-15(20)16(24-17(18)21)11-14-7-5-4-6-8-14/h4-8,13,15-16,20H,9-12H2,1-3H3,(H2,18,21)/t15-,16-/m0/s1. The largest absolute Gasteiger partial charge is 0.443 e. The number of aliphatic hydroxyl groups excluding tert-OH is 1. The van der Waals surface area contributed by atoms with Crippen molar-refractivity contribution in [1.82, 2.24) is 4.31 Å². The van der Waals surface area contributed by atoms with Gasteiger partial charge in [0.05, 0.1) is 6.26 Å². The van der Waals surface area contributed by atoms with Crippen LogP contribution < -0.4 is 5.73 Å². The monoisotopic (exact) mass is 372 g/mol. The zero-order valence-corrected chi connectivity index (χ0v) is 15.8. The van der Waals surface area contributed by atoms with Crippen LogP contribution in [0.2, 0.25) is 0 Å². The van der Waals surface area contributed by atoms with E-state index in [1.54, 1.807) is 0 Å². The van der Waals surface area contributed by atoms with Crippen molar-refractivity contribution in [3.63, 3.8) is 0 Å². The van der Waals surface area contributed by atoms with Crippen molar-refractivity contribution in [2.75, 3.05) is 19.3 Å². The highest BCUT2D eigenvalue weighted by atomic mass is 32.2. The van der Waals surface area contributed by atoms with E-state index in [4.69, 9.17) is 10.5 Å². The van der Waals surface area contributed by atoms with Crippen LogP contribution in [0.5, 0.6) is 0 Å². The third-order valence-electron chi connectivity index (χ3n) is 3.79. The van der Waals surface area contributed by atoms with Gasteiger partial charge in [0.25, 0.3) is 0 Å². The molecule has 1 amide bonds. The molecule has 1 aromatic carbocycles. The second-order valence-corrected chi connectivity index (χ2v) is 8.52. The Hall–Kier alpha value is -1.64. The molecule has 7 nitrogen and oxygen atoms in total. The summed E-state index contributed by atoms with van der Waals surface area (Å²) in [6.07, 6.45) is -1.11. The second kappa shape index (κ2) is 9.74. The first kappa shape index (κ1) is 21.4. The summed E-state index contributed by atoms with van der Waals surface area (Å²) >= 11 is 0. The van der Waals surface area contributed by atoms with E-state index < -0.39 is 28.3 Å². The van der Waals surface area contributed by atoms with E-state index in [-0.39, 0.29) is 13.0 Å². The SMILES string of the molecule is CC(C)CCN(C[C@H](O)[C@H](Cc1ccccc1)OC(N)=O)S(C)(=O)=O. The van der Waals surface area contributed by atoms with Gasteiger partial charge in [-0.05, 0) is 17.9 Å². The molecule has 0 unspecified atom stereocenters. The molecule has 0 fully saturated rings. The number of benzene rings is 1. The van der Waals surface area contributed by atoms with Gasteiger partial charge in [-0.25, -0.2) is 13.2 Å². The van der Waals surface area contributed by atoms with Crippen LogP contribution >= 0.6 is 0 Å². The maximum absolute atomic E-state index is 12.0. The van der Waals surface area contributed by atoms with Crippen LogP contribution in [0.15, 0.2) is 30.3 Å². The molecule has 8 heteroatoms. The van der Waals surface area contributed by atoms with Gasteiger partial charge in [0.1, 0.15) is 12.2 Å². The average molecular weight is 372 g/mol. The van der Waals surface area contributed by atoms with Crippen LogP contribution in [0.1, 0.15) is 25.8 Å². The van der Waals surface area contributed by atoms with Crippen LogP contribution in [0.3, 0.4) is 0 Å². The molecule has 0 aliphatic heterocycles. The topological polar surface area (TPSA) is 110 Å². The molecule has 2 atom stereocenters. The third-order valence-corrected chi connectivity index (χ3v) is 5.06. The Labute approximate surface area is 149 Å². The lowest BCUT2D eigenvalue weighted by atomic mass is 10.0. The van der Waals surface area contributed by atoms with Gasteiger partial charge in [0, 0.05) is 19.5 Å². The molecular formula is C17H28N2O5S. The van der Waals surface area contributed by atoms with E-state index in [0.717, 1.165) is 11.8 Å². The Morgan fingerprint density at radius 2 is 1.88 bits per heavy atom. The summed E-state index contributed by atoms with van der Waals surface area (Å²) < 4.78 is 30.2. The second-order valence-electron chi connectivity index (χ2n) is 6.54. The van der Waals surface area contributed by atoms with Crippen LogP contribution in [-0.2, 0) is 21.2 Å². The van der Waals surface area contributed by atoms with E-state index in [1.165, 1.54) is 4.31 Å². The molecule has 3 N–H and O–H groups in total. The van der Waals surface area contributed by atoms with E-state index in [9.17, 15) is 18.3 Å². The van der Waals surface area contributed by atoms with Gasteiger partial charge in [0.15, 0.2) is 0 Å². The number of primary amides is 1. The van der Waals surface area contributed by atoms with Gasteiger partial charge < -0.3 is 15.6 Å². The van der Waals surface area contributed by atoms with Crippen molar-refractivity contribution in [1.29, 1.82) is 0 Å². The Kier molecular flexibility index (Phi) is 8.34. The maximum Gasteiger partial charge on any atom is 0.404 e. The molecule has 0 saturated heterocycles. The maximum atomic E-state index is 12.0. The summed E-state index contributed by atoms with van der Waals surface area (Å²) in [5, 5.41) is 10.5. The van der Waals surface area contributed by atoms with E-state index >= 15 is 0 Å². The lowest BCUT2D eigenvalue weighted by Crippen LogP contribution is -2.45. The molecule has 0 aliphatic rings. The van der Waals surface area contributed by atoms with Crippen molar-refractivity contribution in [3.8, 4) is 0 Å². The fraction of sp³-hybridized carbons (Fsp3) is 0.588. The van der Waals surface area contributed by atoms with Crippen molar-refractivity contribution < 1.29 is 23.1 Å². The van der Waals surface area contributed by atoms with Crippen LogP contribution in [0.4, 0.5) is 4.79 Å². The number of ether oxygens (including phenoxy) is 1. The summed E-state index contributed by atoms with van der Waals surface area (Å²) in [4.78, 5) is 11.2. The Balaban J connectivity index is 2.86. The smallest absolute Gasteiger partial charge is 0.404 e. The van der Waals surface area contributed by atoms with Crippen LogP contribution in [0, 0.1) is 5.92 Å². The molecular weight excluding hydrogens is 344 g/mol. The van der Waals surface area contributed by atoms with Gasteiger partial charge in [-0.2, -0.15) is 4.31 Å². The van der Waals surface area contributed by atoms with E-state index in [2.05, 4.69) is 0 Å². The number of sulfonamides is 1. The number of hydrogen-bond acceptors (Lipinski definition) is 5. The normalized spacial score (nSPS) is 14.5. The van der Waals surface area contributed by atoms with Crippen LogP contribution in [0.25, 0.3) is 0 Å². The zero-order chi connectivity index (χ0) is 19.0. The predicted molar refractivity (Wildman–Crippen MR) is 96.5 cm³/mol. The molecule has 0 spiro atoms. The average Bonchev–Trinajstić information content (AvgIpc) is 2.49. The molecule has 0 heterocycles. The molecule has 1 rings (SSSR count). The van der Waals surface area contributed by atoms with Crippen molar-refractivity contribution in [3.05, 3.63) is 35.9 Å². The number of carbonyl (C=O) groups excluding carboxylic acids is 1. The first-order valence-electron chi connectivity index (χ1n) is 8.22. The summed E-state index contributed by atoms with van der Waals surface area (Å²) in [6.45, 7) is 4.12. The minimum atomic E-state index is -3.49. The summed E-state index contributed by atoms with van der Waals surface area (Å²) in [5.41, 5.74) is 5.94. The summed E-state index contributed by atoms with van der Waals surface area (Å²) in [7, 11) is -3.49. The lowest BCUT2D eigenvalue weighted by molar-refractivity contribution is -0.00132. The number of amides is 1. The van der Waals surface area contributed by atoms with Gasteiger partial charge in [-0.1, -0.05) is 44.2 Å². The Morgan fingerprint density at radius 1 is 1.28 bits per heavy atom. The quantitative estimate of drug-likeness (QED) is 0.644. The fourth-order valence-electron chi connectivity index (χ4n) is 2.37. The number of aliphatic hydroxyl groups is 1. The highest BCUT2D eigenvalue weighted by molar-refractivity contribution is 7.88. The molecule has 0 bridgehead atoms. The van der Waals surface area contributed by atoms with Crippen LogP contribution in [-0.4, -0.2) is 55.5 Å². The van der Waals surface area contributed by atoms with Crippen molar-refractivity contribution >= 4 is 16.1 Å². The number of rotatable bonds is 10. The Bertz CT molecular complexity index is 634. The van der Waals surface area contributed by atoms with Gasteiger partial charge in [-0.3, -0.25) is 0 Å². The number of hydrogen-bond donors (Lipinski definition) is 2. The van der Waals surface area contributed by atoms with Crippen molar-refractivity contribution in [2.24, 2.45) is 11.7 Å². The van der Waals surface area contributed by atoms with Gasteiger partial charge in [-0.15, -0.1) is 0 Å². The molecule has 25 heavy (non-hydrogen) atoms. The molecule has 0 aromatic heterocycles. The summed E-state index contributed by atoms with van der Waals surface area (Å²) in [6, 6.07) is 9.17. The number of nitrogens with two attached hydrogens (primary N) is 1. The minimum Gasteiger partial charge on any atom is -0.443 e. The molecule has 0 aliphatic carbocycles. The molecule has 0 radical (unpaired) electrons. The van der Waals surface area contributed by atoms with Gasteiger partial charge in [0.2, 0.25) is 10.0 Å². The first-order chi connectivity index (χ1) is 11.6. The molecule has 0 saturated carbocycles. The van der Waals surface area contributed by atoms with E-state index in [0.29, 0.717) is 18.9 Å². The lowest BCUT2D eigenvalue weighted by Gasteiger charge is -2.28. The number of carbonyl (C=O) groups is 1. The highest BCUT2D eigenvalue weighted by Gasteiger charge is 2.28. The zero-order valence-electron chi connectivity index (χ0n) is 15.0. The molecule has 1 aromatic rings. The minimum absolute atomic E-state index is 0.156. The fourth-order valence-corrected chi connectivity index (χ4v) is 3.23.